The Kier molecular flexibility index (Phi) is 6.13. The lowest BCUT2D eigenvalue weighted by atomic mass is 10.2. The van der Waals surface area contributed by atoms with Crippen LogP contribution in [0.5, 0.6) is 11.5 Å². The maximum Gasteiger partial charge on any atom is 0.231 e. The number of aliphatic imine (C=N–C) groups is 1. The molecule has 7 heteroatoms. The third-order valence-electron chi connectivity index (χ3n) is 2.89. The van der Waals surface area contributed by atoms with E-state index in [-0.39, 0.29) is 6.79 Å². The van der Waals surface area contributed by atoms with Gasteiger partial charge in [0.05, 0.1) is 11.0 Å². The summed E-state index contributed by atoms with van der Waals surface area (Å²) in [4.78, 5) is 4.30. The van der Waals surface area contributed by atoms with Gasteiger partial charge in [0.25, 0.3) is 0 Å². The van der Waals surface area contributed by atoms with Gasteiger partial charge in [-0.1, -0.05) is 0 Å². The van der Waals surface area contributed by atoms with Crippen LogP contribution in [-0.4, -0.2) is 32.5 Å². The second-order valence-electron chi connectivity index (χ2n) is 4.49. The Morgan fingerprint density at radius 3 is 3.14 bits per heavy atom. The normalized spacial score (nSPS) is 13.5. The molecule has 116 valence electrons. The first-order chi connectivity index (χ1) is 10.2. The molecule has 0 atom stereocenters. The van der Waals surface area contributed by atoms with Crippen LogP contribution < -0.4 is 20.5 Å². The fourth-order valence-corrected chi connectivity index (χ4v) is 2.48. The van der Waals surface area contributed by atoms with Crippen molar-refractivity contribution in [3.63, 3.8) is 0 Å². The quantitative estimate of drug-likeness (QED) is 0.443. The third-order valence-corrected chi connectivity index (χ3v) is 3.48. The average molecular weight is 358 g/mol. The molecule has 0 aromatic heterocycles. The highest BCUT2D eigenvalue weighted by atomic mass is 79.9. The molecule has 1 aliphatic rings. The minimum absolute atomic E-state index is 0.254. The number of hydrogen-bond donors (Lipinski definition) is 2. The van der Waals surface area contributed by atoms with Crippen molar-refractivity contribution in [3.8, 4) is 11.5 Å². The van der Waals surface area contributed by atoms with Crippen LogP contribution in [0.2, 0.25) is 0 Å². The molecule has 0 bridgehead atoms. The van der Waals surface area contributed by atoms with Gasteiger partial charge in [0.2, 0.25) is 6.79 Å². The maximum atomic E-state index is 5.82. The number of hydrogen-bond acceptors (Lipinski definition) is 4. The molecule has 0 saturated heterocycles. The molecule has 1 aliphatic heterocycles. The van der Waals surface area contributed by atoms with Crippen molar-refractivity contribution in [2.45, 2.75) is 19.9 Å². The first kappa shape index (κ1) is 15.9. The number of benzene rings is 1. The Bertz CT molecular complexity index is 508. The summed E-state index contributed by atoms with van der Waals surface area (Å²) < 4.78 is 16.8. The third kappa shape index (κ3) is 4.78. The van der Waals surface area contributed by atoms with Gasteiger partial charge in [0, 0.05) is 19.8 Å². The molecule has 6 nitrogen and oxygen atoms in total. The van der Waals surface area contributed by atoms with Crippen LogP contribution in [0.4, 0.5) is 0 Å². The number of nitrogens with zero attached hydrogens (tertiary/aromatic N) is 1. The van der Waals surface area contributed by atoms with E-state index in [1.54, 1.807) is 0 Å². The van der Waals surface area contributed by atoms with E-state index in [0.29, 0.717) is 12.5 Å². The van der Waals surface area contributed by atoms with Gasteiger partial charge in [0.1, 0.15) is 0 Å². The molecule has 0 aliphatic carbocycles. The fraction of sp³-hybridized carbons (Fsp3) is 0.500. The zero-order valence-electron chi connectivity index (χ0n) is 12.0. The van der Waals surface area contributed by atoms with Gasteiger partial charge in [-0.15, -0.1) is 0 Å². The van der Waals surface area contributed by atoms with Gasteiger partial charge in [-0.25, -0.2) is 4.99 Å². The topological polar surface area (TPSA) is 78.1 Å². The average Bonchev–Trinajstić information content (AvgIpc) is 2.94. The predicted octanol–water partition coefficient (Wildman–Crippen LogP) is 2.01. The molecule has 3 N–H and O–H groups in total. The summed E-state index contributed by atoms with van der Waals surface area (Å²) in [6.45, 7) is 4.94. The van der Waals surface area contributed by atoms with Crippen LogP contribution in [0.15, 0.2) is 21.6 Å². The van der Waals surface area contributed by atoms with E-state index in [9.17, 15) is 0 Å². The molecule has 2 rings (SSSR count). The highest BCUT2D eigenvalue weighted by Crippen LogP contribution is 2.40. The van der Waals surface area contributed by atoms with Crippen LogP contribution in [0.25, 0.3) is 0 Å². The molecule has 0 radical (unpaired) electrons. The Hall–Kier alpha value is -1.47. The minimum Gasteiger partial charge on any atom is -0.454 e. The van der Waals surface area contributed by atoms with Crippen LogP contribution in [-0.2, 0) is 11.3 Å². The molecule has 0 fully saturated rings. The van der Waals surface area contributed by atoms with Crippen molar-refractivity contribution in [1.29, 1.82) is 0 Å². The summed E-state index contributed by atoms with van der Waals surface area (Å²) in [5.41, 5.74) is 6.82. The van der Waals surface area contributed by atoms with Crippen molar-refractivity contribution in [2.24, 2.45) is 10.7 Å². The number of fused-ring (bicyclic) bond motifs is 1. The summed E-state index contributed by atoms with van der Waals surface area (Å²) in [7, 11) is 0. The fourth-order valence-electron chi connectivity index (χ4n) is 1.88. The molecule has 1 aromatic carbocycles. The largest absolute Gasteiger partial charge is 0.454 e. The van der Waals surface area contributed by atoms with Crippen molar-refractivity contribution in [2.75, 3.05) is 26.6 Å². The number of nitrogens with one attached hydrogen (secondary N) is 1. The van der Waals surface area contributed by atoms with E-state index in [2.05, 4.69) is 26.2 Å². The SMILES string of the molecule is CCOCCCNC(N)=NCc1cc(Br)c2c(c1)OCO2. The summed E-state index contributed by atoms with van der Waals surface area (Å²) in [5.74, 6) is 1.91. The molecule has 0 unspecified atom stereocenters. The van der Waals surface area contributed by atoms with E-state index in [4.69, 9.17) is 19.9 Å². The monoisotopic (exact) mass is 357 g/mol. The number of nitrogens with two attached hydrogens (primary N) is 1. The van der Waals surface area contributed by atoms with Crippen LogP contribution in [0.3, 0.4) is 0 Å². The van der Waals surface area contributed by atoms with Crippen LogP contribution in [0.1, 0.15) is 18.9 Å². The Balaban J connectivity index is 1.81. The standard InChI is InChI=1S/C14H20BrN3O3/c1-2-19-5-3-4-17-14(16)18-8-10-6-11(15)13-12(7-10)20-9-21-13/h6-7H,2-5,8-9H2,1H3,(H3,16,17,18). The lowest BCUT2D eigenvalue weighted by Gasteiger charge is -2.06. The van der Waals surface area contributed by atoms with Gasteiger partial charge in [-0.3, -0.25) is 0 Å². The lowest BCUT2D eigenvalue weighted by Crippen LogP contribution is -2.32. The molecule has 0 saturated carbocycles. The van der Waals surface area contributed by atoms with E-state index in [0.717, 1.165) is 47.7 Å². The zero-order chi connectivity index (χ0) is 15.1. The molecule has 21 heavy (non-hydrogen) atoms. The number of guanidine groups is 1. The molecule has 1 heterocycles. The van der Waals surface area contributed by atoms with Gasteiger partial charge in [-0.05, 0) is 47.0 Å². The zero-order valence-corrected chi connectivity index (χ0v) is 13.6. The minimum atomic E-state index is 0.254. The molecular formula is C14H20BrN3O3. The Morgan fingerprint density at radius 2 is 2.33 bits per heavy atom. The van der Waals surface area contributed by atoms with E-state index in [1.165, 1.54) is 0 Å². The van der Waals surface area contributed by atoms with Crippen LogP contribution >= 0.6 is 15.9 Å². The van der Waals surface area contributed by atoms with Gasteiger partial charge in [0.15, 0.2) is 17.5 Å². The number of halogens is 1. The lowest BCUT2D eigenvalue weighted by molar-refractivity contribution is 0.145. The van der Waals surface area contributed by atoms with Crippen molar-refractivity contribution >= 4 is 21.9 Å². The Labute approximate surface area is 132 Å². The number of rotatable bonds is 7. The molecule has 1 aromatic rings. The predicted molar refractivity (Wildman–Crippen MR) is 84.7 cm³/mol. The first-order valence-corrected chi connectivity index (χ1v) is 7.69. The van der Waals surface area contributed by atoms with Gasteiger partial charge >= 0.3 is 0 Å². The summed E-state index contributed by atoms with van der Waals surface area (Å²) >= 11 is 3.46. The second kappa shape index (κ2) is 8.09. The highest BCUT2D eigenvalue weighted by Gasteiger charge is 2.17. The van der Waals surface area contributed by atoms with Crippen molar-refractivity contribution < 1.29 is 14.2 Å². The maximum absolute atomic E-state index is 5.82. The van der Waals surface area contributed by atoms with E-state index < -0.39 is 0 Å². The summed E-state index contributed by atoms with van der Waals surface area (Å²) in [5, 5.41) is 3.06. The summed E-state index contributed by atoms with van der Waals surface area (Å²) in [6.07, 6.45) is 0.902. The van der Waals surface area contributed by atoms with Crippen molar-refractivity contribution in [1.82, 2.24) is 5.32 Å². The van der Waals surface area contributed by atoms with Gasteiger partial charge < -0.3 is 25.3 Å². The van der Waals surface area contributed by atoms with E-state index >= 15 is 0 Å². The summed E-state index contributed by atoms with van der Waals surface area (Å²) in [6, 6.07) is 3.87. The number of ether oxygens (including phenoxy) is 3. The smallest absolute Gasteiger partial charge is 0.231 e. The van der Waals surface area contributed by atoms with Crippen LogP contribution in [0, 0.1) is 0 Å². The van der Waals surface area contributed by atoms with Gasteiger partial charge in [-0.2, -0.15) is 0 Å². The Morgan fingerprint density at radius 1 is 1.48 bits per heavy atom. The highest BCUT2D eigenvalue weighted by molar-refractivity contribution is 9.10. The van der Waals surface area contributed by atoms with Crippen molar-refractivity contribution in [3.05, 3.63) is 22.2 Å². The van der Waals surface area contributed by atoms with E-state index in [1.807, 2.05) is 19.1 Å². The second-order valence-corrected chi connectivity index (χ2v) is 5.34. The molecule has 0 amide bonds. The molecule has 0 spiro atoms. The first-order valence-electron chi connectivity index (χ1n) is 6.90. The molecular weight excluding hydrogens is 338 g/mol.